The summed E-state index contributed by atoms with van der Waals surface area (Å²) in [6.45, 7) is 1.60. The summed E-state index contributed by atoms with van der Waals surface area (Å²) in [5.41, 5.74) is 1.89. The molecule has 0 N–H and O–H groups in total. The summed E-state index contributed by atoms with van der Waals surface area (Å²) in [4.78, 5) is 20.9. The van der Waals surface area contributed by atoms with E-state index < -0.39 is 0 Å². The van der Waals surface area contributed by atoms with Gasteiger partial charge in [0, 0.05) is 23.9 Å². The quantitative estimate of drug-likeness (QED) is 0.607. The van der Waals surface area contributed by atoms with Crippen LogP contribution in [0.1, 0.15) is 34.1 Å². The van der Waals surface area contributed by atoms with Gasteiger partial charge in [-0.3, -0.25) is 4.79 Å². The van der Waals surface area contributed by atoms with E-state index in [0.29, 0.717) is 5.92 Å². The van der Waals surface area contributed by atoms with E-state index in [1.807, 2.05) is 41.5 Å². The molecule has 1 aliphatic heterocycles. The number of fused-ring (bicyclic) bond motifs is 1. The molecule has 5 heteroatoms. The number of hydrogen-bond acceptors (Lipinski definition) is 4. The van der Waals surface area contributed by atoms with E-state index in [1.54, 1.807) is 23.1 Å². The molecule has 2 aromatic carbocycles. The fourth-order valence-corrected chi connectivity index (χ4v) is 5.10. The van der Waals surface area contributed by atoms with Crippen molar-refractivity contribution in [2.75, 3.05) is 19.3 Å². The first-order chi connectivity index (χ1) is 12.3. The molecule has 0 saturated carbocycles. The van der Waals surface area contributed by atoms with Crippen molar-refractivity contribution in [2.45, 2.75) is 23.7 Å². The lowest BCUT2D eigenvalue weighted by molar-refractivity contribution is 0.0703. The lowest BCUT2D eigenvalue weighted by atomic mass is 9.98. The molecule has 1 amide bonds. The third-order valence-electron chi connectivity index (χ3n) is 4.71. The van der Waals surface area contributed by atoms with Crippen LogP contribution in [0, 0.1) is 0 Å². The smallest absolute Gasteiger partial charge is 0.255 e. The Bertz CT molecular complexity index is 872. The van der Waals surface area contributed by atoms with E-state index in [-0.39, 0.29) is 5.91 Å². The van der Waals surface area contributed by atoms with Crippen LogP contribution in [0.5, 0.6) is 0 Å². The van der Waals surface area contributed by atoms with Gasteiger partial charge in [-0.2, -0.15) is 0 Å². The summed E-state index contributed by atoms with van der Waals surface area (Å²) in [5, 5.41) is 1.16. The highest BCUT2D eigenvalue weighted by Gasteiger charge is 2.28. The standard InChI is InChI=1S/C20H20N2OS2/c1-24-17-10-4-2-8-15(17)20(23)22-12-6-7-14(13-22)19-21-16-9-3-5-11-18(16)25-19/h2-5,8-11,14H,6-7,12-13H2,1H3/t14-/m1/s1. The predicted molar refractivity (Wildman–Crippen MR) is 106 cm³/mol. The Hall–Kier alpha value is -1.85. The van der Waals surface area contributed by atoms with Crippen molar-refractivity contribution in [3.63, 3.8) is 0 Å². The van der Waals surface area contributed by atoms with Gasteiger partial charge in [0.1, 0.15) is 0 Å². The topological polar surface area (TPSA) is 33.2 Å². The lowest BCUT2D eigenvalue weighted by Gasteiger charge is -2.32. The van der Waals surface area contributed by atoms with Gasteiger partial charge in [0.15, 0.2) is 0 Å². The number of benzene rings is 2. The van der Waals surface area contributed by atoms with Gasteiger partial charge in [-0.05, 0) is 43.4 Å². The SMILES string of the molecule is CSc1ccccc1C(=O)N1CCC[C@@H](c2nc3ccccc3s2)C1. The van der Waals surface area contributed by atoms with Crippen molar-refractivity contribution in [3.8, 4) is 0 Å². The summed E-state index contributed by atoms with van der Waals surface area (Å²) in [6, 6.07) is 16.2. The Morgan fingerprint density at radius 2 is 2.00 bits per heavy atom. The van der Waals surface area contributed by atoms with Gasteiger partial charge < -0.3 is 4.90 Å². The van der Waals surface area contributed by atoms with Crippen LogP contribution in [0.25, 0.3) is 10.2 Å². The van der Waals surface area contributed by atoms with E-state index in [1.165, 1.54) is 4.70 Å². The highest BCUT2D eigenvalue weighted by molar-refractivity contribution is 7.98. The van der Waals surface area contributed by atoms with Gasteiger partial charge in [0.2, 0.25) is 0 Å². The van der Waals surface area contributed by atoms with Crippen molar-refractivity contribution >= 4 is 39.2 Å². The van der Waals surface area contributed by atoms with Gasteiger partial charge >= 0.3 is 0 Å². The number of carbonyl (C=O) groups is 1. The molecule has 0 spiro atoms. The average Bonchev–Trinajstić information content (AvgIpc) is 3.12. The summed E-state index contributed by atoms with van der Waals surface area (Å²) < 4.78 is 1.23. The van der Waals surface area contributed by atoms with Gasteiger partial charge in [0.05, 0.1) is 20.8 Å². The minimum Gasteiger partial charge on any atom is -0.338 e. The van der Waals surface area contributed by atoms with E-state index >= 15 is 0 Å². The maximum Gasteiger partial charge on any atom is 0.255 e. The highest BCUT2D eigenvalue weighted by Crippen LogP contribution is 2.34. The summed E-state index contributed by atoms with van der Waals surface area (Å²) in [5.74, 6) is 0.493. The number of rotatable bonds is 3. The molecule has 1 fully saturated rings. The minimum absolute atomic E-state index is 0.149. The number of hydrogen-bond donors (Lipinski definition) is 0. The zero-order valence-corrected chi connectivity index (χ0v) is 15.8. The van der Waals surface area contributed by atoms with Gasteiger partial charge in [-0.15, -0.1) is 23.1 Å². The number of likely N-dealkylation sites (tertiary alicyclic amines) is 1. The van der Waals surface area contributed by atoms with Crippen LogP contribution in [0.4, 0.5) is 0 Å². The molecule has 0 aliphatic carbocycles. The Kier molecular flexibility index (Phi) is 4.77. The third kappa shape index (κ3) is 3.31. The number of carbonyl (C=O) groups excluding carboxylic acids is 1. The Morgan fingerprint density at radius 1 is 1.20 bits per heavy atom. The molecular weight excluding hydrogens is 348 g/mol. The van der Waals surface area contributed by atoms with Crippen LogP contribution in [-0.4, -0.2) is 35.1 Å². The van der Waals surface area contributed by atoms with Crippen molar-refractivity contribution in [2.24, 2.45) is 0 Å². The van der Waals surface area contributed by atoms with Crippen LogP contribution in [0.15, 0.2) is 53.4 Å². The molecule has 3 aromatic rings. The fourth-order valence-electron chi connectivity index (χ4n) is 3.42. The van der Waals surface area contributed by atoms with Crippen LogP contribution in [-0.2, 0) is 0 Å². The third-order valence-corrected chi connectivity index (χ3v) is 6.70. The van der Waals surface area contributed by atoms with E-state index in [9.17, 15) is 4.79 Å². The van der Waals surface area contributed by atoms with E-state index in [2.05, 4.69) is 18.2 Å². The highest BCUT2D eigenvalue weighted by atomic mass is 32.2. The Balaban J connectivity index is 1.57. The van der Waals surface area contributed by atoms with Crippen molar-refractivity contribution in [3.05, 3.63) is 59.1 Å². The maximum absolute atomic E-state index is 13.0. The van der Waals surface area contributed by atoms with Gasteiger partial charge in [-0.1, -0.05) is 24.3 Å². The second-order valence-electron chi connectivity index (χ2n) is 6.31. The zero-order chi connectivity index (χ0) is 17.2. The van der Waals surface area contributed by atoms with Crippen molar-refractivity contribution in [1.29, 1.82) is 0 Å². The molecule has 1 saturated heterocycles. The molecule has 1 atom stereocenters. The summed E-state index contributed by atoms with van der Waals surface area (Å²) >= 11 is 3.40. The summed E-state index contributed by atoms with van der Waals surface area (Å²) in [7, 11) is 0. The van der Waals surface area contributed by atoms with Gasteiger partial charge in [-0.25, -0.2) is 4.98 Å². The first kappa shape index (κ1) is 16.6. The minimum atomic E-state index is 0.149. The second kappa shape index (κ2) is 7.18. The largest absolute Gasteiger partial charge is 0.338 e. The molecule has 1 aliphatic rings. The zero-order valence-electron chi connectivity index (χ0n) is 14.1. The molecule has 4 rings (SSSR count). The molecule has 0 radical (unpaired) electrons. The molecule has 3 nitrogen and oxygen atoms in total. The first-order valence-corrected chi connectivity index (χ1v) is 10.6. The average molecular weight is 369 g/mol. The number of piperidine rings is 1. The van der Waals surface area contributed by atoms with Crippen LogP contribution in [0.2, 0.25) is 0 Å². The number of thiazole rings is 1. The monoisotopic (exact) mass is 368 g/mol. The molecule has 0 bridgehead atoms. The van der Waals surface area contributed by atoms with E-state index in [4.69, 9.17) is 4.98 Å². The Morgan fingerprint density at radius 3 is 2.84 bits per heavy atom. The number of aromatic nitrogens is 1. The summed E-state index contributed by atoms with van der Waals surface area (Å²) in [6.07, 6.45) is 4.16. The van der Waals surface area contributed by atoms with Crippen molar-refractivity contribution in [1.82, 2.24) is 9.88 Å². The fraction of sp³-hybridized carbons (Fsp3) is 0.300. The van der Waals surface area contributed by atoms with Crippen LogP contribution < -0.4 is 0 Å². The predicted octanol–water partition coefficient (Wildman–Crippen LogP) is 5.04. The number of amides is 1. The molecular formula is C20H20N2OS2. The lowest BCUT2D eigenvalue weighted by Crippen LogP contribution is -2.39. The van der Waals surface area contributed by atoms with Gasteiger partial charge in [0.25, 0.3) is 5.91 Å². The normalized spacial score (nSPS) is 17.8. The van der Waals surface area contributed by atoms with Crippen molar-refractivity contribution < 1.29 is 4.79 Å². The Labute approximate surface area is 156 Å². The molecule has 1 aromatic heterocycles. The maximum atomic E-state index is 13.0. The molecule has 128 valence electrons. The number of nitrogens with zero attached hydrogens (tertiary/aromatic N) is 2. The molecule has 2 heterocycles. The molecule has 0 unspecified atom stereocenters. The van der Waals surface area contributed by atoms with Crippen LogP contribution >= 0.6 is 23.1 Å². The number of para-hydroxylation sites is 1. The molecule has 25 heavy (non-hydrogen) atoms. The first-order valence-electron chi connectivity index (χ1n) is 8.54. The van der Waals surface area contributed by atoms with E-state index in [0.717, 1.165) is 46.9 Å². The van der Waals surface area contributed by atoms with Crippen LogP contribution in [0.3, 0.4) is 0 Å². The second-order valence-corrected chi connectivity index (χ2v) is 8.22. The number of thioether (sulfide) groups is 1.